The van der Waals surface area contributed by atoms with Crippen LogP contribution in [0, 0.1) is 0 Å². The maximum atomic E-state index is 12.4. The molecule has 0 spiro atoms. The van der Waals surface area contributed by atoms with E-state index >= 15 is 0 Å². The molecule has 2 unspecified atom stereocenters. The molecule has 2 atom stereocenters. The molecule has 0 aromatic heterocycles. The molecule has 6 heteroatoms. The number of nitrogens with zero attached hydrogens (tertiary/aromatic N) is 1. The lowest BCUT2D eigenvalue weighted by Gasteiger charge is -2.25. The Kier molecular flexibility index (Phi) is 5.12. The van der Waals surface area contributed by atoms with Crippen LogP contribution in [0.25, 0.3) is 0 Å². The maximum absolute atomic E-state index is 12.4. The van der Waals surface area contributed by atoms with Crippen LogP contribution >= 0.6 is 11.8 Å². The summed E-state index contributed by atoms with van der Waals surface area (Å²) in [5, 5.41) is 9.09. The van der Waals surface area contributed by atoms with Crippen molar-refractivity contribution in [2.24, 2.45) is 0 Å². The Bertz CT molecular complexity index is 517. The highest BCUT2D eigenvalue weighted by Crippen LogP contribution is 2.29. The summed E-state index contributed by atoms with van der Waals surface area (Å²) in [4.78, 5) is 25.1. The van der Waals surface area contributed by atoms with Crippen LogP contribution in [0.5, 0.6) is 5.75 Å². The van der Waals surface area contributed by atoms with Crippen LogP contribution in [-0.4, -0.2) is 45.7 Å². The Morgan fingerprint density at radius 2 is 2.05 bits per heavy atom. The molecule has 0 bridgehead atoms. The molecule has 2 rings (SSSR count). The molecule has 0 saturated carbocycles. The van der Waals surface area contributed by atoms with Crippen molar-refractivity contribution in [2.75, 3.05) is 12.4 Å². The average Bonchev–Trinajstić information content (AvgIpc) is 2.83. The Balaban J connectivity index is 2.04. The first-order chi connectivity index (χ1) is 10.0. The summed E-state index contributed by atoms with van der Waals surface area (Å²) >= 11 is 1.49. The molecule has 1 aromatic carbocycles. The molecule has 21 heavy (non-hydrogen) atoms. The second-order valence-corrected chi connectivity index (χ2v) is 6.19. The van der Waals surface area contributed by atoms with E-state index in [1.54, 1.807) is 0 Å². The zero-order valence-electron chi connectivity index (χ0n) is 12.1. The predicted octanol–water partition coefficient (Wildman–Crippen LogP) is 2.00. The number of carboxylic acid groups (broad SMARTS) is 1. The van der Waals surface area contributed by atoms with Gasteiger partial charge in [-0.3, -0.25) is 4.79 Å². The third kappa shape index (κ3) is 3.69. The summed E-state index contributed by atoms with van der Waals surface area (Å²) in [7, 11) is 0. The van der Waals surface area contributed by atoms with Gasteiger partial charge in [-0.25, -0.2) is 4.79 Å². The first-order valence-electron chi connectivity index (χ1n) is 6.90. The van der Waals surface area contributed by atoms with Gasteiger partial charge >= 0.3 is 5.97 Å². The normalized spacial score (nSPS) is 21.3. The Hall–Kier alpha value is -1.69. The van der Waals surface area contributed by atoms with Gasteiger partial charge in [-0.1, -0.05) is 12.1 Å². The molecular weight excluding hydrogens is 290 g/mol. The highest BCUT2D eigenvalue weighted by atomic mass is 32.2. The molecule has 1 aliphatic heterocycles. The third-order valence-corrected chi connectivity index (χ3v) is 4.60. The summed E-state index contributed by atoms with van der Waals surface area (Å²) in [6, 6.07) is 6.60. The molecule has 1 heterocycles. The molecule has 1 amide bonds. The number of carbonyl (C=O) groups is 2. The molecule has 1 aliphatic rings. The van der Waals surface area contributed by atoms with Crippen molar-refractivity contribution in [3.63, 3.8) is 0 Å². The first kappa shape index (κ1) is 15.7. The van der Waals surface area contributed by atoms with Crippen molar-refractivity contribution in [3.8, 4) is 5.75 Å². The number of benzene rings is 1. The van der Waals surface area contributed by atoms with E-state index in [0.717, 1.165) is 11.3 Å². The van der Waals surface area contributed by atoms with Crippen LogP contribution in [0.1, 0.15) is 19.4 Å². The molecule has 1 N–H and O–H groups in total. The van der Waals surface area contributed by atoms with Crippen LogP contribution in [-0.2, 0) is 16.0 Å². The standard InChI is InChI=1S/C15H19NO4S/c1-3-20-12-6-4-11(5-7-12)8-14(17)16-10(2)21-9-13(16)15(18)19/h4-7,10,13H,3,8-9H2,1-2H3,(H,18,19). The monoisotopic (exact) mass is 309 g/mol. The molecule has 0 radical (unpaired) electrons. The number of rotatable bonds is 5. The zero-order chi connectivity index (χ0) is 15.4. The molecule has 1 fully saturated rings. The number of hydrogen-bond acceptors (Lipinski definition) is 4. The fraction of sp³-hybridized carbons (Fsp3) is 0.467. The summed E-state index contributed by atoms with van der Waals surface area (Å²) < 4.78 is 5.35. The van der Waals surface area contributed by atoms with Crippen molar-refractivity contribution in [2.45, 2.75) is 31.7 Å². The van der Waals surface area contributed by atoms with Gasteiger partial charge in [-0.15, -0.1) is 11.8 Å². The van der Waals surface area contributed by atoms with E-state index in [2.05, 4.69) is 0 Å². The molecule has 0 aliphatic carbocycles. The number of carboxylic acids is 1. The average molecular weight is 309 g/mol. The Morgan fingerprint density at radius 1 is 1.38 bits per heavy atom. The van der Waals surface area contributed by atoms with E-state index in [1.807, 2.05) is 38.1 Å². The second-order valence-electron chi connectivity index (χ2n) is 4.84. The number of thioether (sulfide) groups is 1. The number of hydrogen-bond donors (Lipinski definition) is 1. The zero-order valence-corrected chi connectivity index (χ0v) is 12.9. The van der Waals surface area contributed by atoms with Gasteiger partial charge in [0.25, 0.3) is 0 Å². The van der Waals surface area contributed by atoms with Gasteiger partial charge < -0.3 is 14.7 Å². The molecule has 1 saturated heterocycles. The van der Waals surface area contributed by atoms with Gasteiger partial charge in [0.2, 0.25) is 5.91 Å². The van der Waals surface area contributed by atoms with Crippen LogP contribution in [0.15, 0.2) is 24.3 Å². The van der Waals surface area contributed by atoms with Crippen molar-refractivity contribution in [3.05, 3.63) is 29.8 Å². The largest absolute Gasteiger partial charge is 0.494 e. The van der Waals surface area contributed by atoms with Crippen molar-refractivity contribution >= 4 is 23.6 Å². The van der Waals surface area contributed by atoms with Crippen LogP contribution in [0.3, 0.4) is 0 Å². The molecule has 5 nitrogen and oxygen atoms in total. The quantitative estimate of drug-likeness (QED) is 0.901. The van der Waals surface area contributed by atoms with E-state index in [-0.39, 0.29) is 17.7 Å². The fourth-order valence-corrected chi connectivity index (χ4v) is 3.54. The highest BCUT2D eigenvalue weighted by molar-refractivity contribution is 8.00. The summed E-state index contributed by atoms with van der Waals surface area (Å²) in [5.74, 6) is 0.129. The lowest BCUT2D eigenvalue weighted by molar-refractivity contribution is -0.148. The minimum Gasteiger partial charge on any atom is -0.494 e. The fourth-order valence-electron chi connectivity index (χ4n) is 2.35. The second kappa shape index (κ2) is 6.85. The minimum atomic E-state index is -0.938. The van der Waals surface area contributed by atoms with E-state index in [9.17, 15) is 14.7 Å². The smallest absolute Gasteiger partial charge is 0.327 e. The summed E-state index contributed by atoms with van der Waals surface area (Å²) in [6.07, 6.45) is 0.209. The van der Waals surface area contributed by atoms with Crippen LogP contribution in [0.2, 0.25) is 0 Å². The van der Waals surface area contributed by atoms with Crippen molar-refractivity contribution in [1.82, 2.24) is 4.90 Å². The van der Waals surface area contributed by atoms with E-state index in [0.29, 0.717) is 12.4 Å². The SMILES string of the molecule is CCOc1ccc(CC(=O)N2C(C)SCC2C(=O)O)cc1. The van der Waals surface area contributed by atoms with Crippen LogP contribution in [0.4, 0.5) is 0 Å². The van der Waals surface area contributed by atoms with Gasteiger partial charge in [-0.05, 0) is 31.5 Å². The Morgan fingerprint density at radius 3 is 2.62 bits per heavy atom. The van der Waals surface area contributed by atoms with Gasteiger partial charge in [0.05, 0.1) is 18.4 Å². The molecular formula is C15H19NO4S. The maximum Gasteiger partial charge on any atom is 0.327 e. The number of carbonyl (C=O) groups excluding carboxylic acids is 1. The summed E-state index contributed by atoms with van der Waals surface area (Å²) in [5.41, 5.74) is 0.858. The predicted molar refractivity (Wildman–Crippen MR) is 81.5 cm³/mol. The van der Waals surface area contributed by atoms with E-state index < -0.39 is 12.0 Å². The minimum absolute atomic E-state index is 0.0960. The lowest BCUT2D eigenvalue weighted by Crippen LogP contribution is -2.45. The van der Waals surface area contributed by atoms with E-state index in [1.165, 1.54) is 16.7 Å². The van der Waals surface area contributed by atoms with Gasteiger partial charge in [-0.2, -0.15) is 0 Å². The molecule has 1 aromatic rings. The first-order valence-corrected chi connectivity index (χ1v) is 7.95. The third-order valence-electron chi connectivity index (χ3n) is 3.39. The van der Waals surface area contributed by atoms with Gasteiger partial charge in [0.1, 0.15) is 11.8 Å². The number of ether oxygens (including phenoxy) is 1. The number of amides is 1. The van der Waals surface area contributed by atoms with Gasteiger partial charge in [0, 0.05) is 5.75 Å². The summed E-state index contributed by atoms with van der Waals surface area (Å²) in [6.45, 7) is 4.38. The highest BCUT2D eigenvalue weighted by Gasteiger charge is 2.39. The van der Waals surface area contributed by atoms with E-state index in [4.69, 9.17) is 4.74 Å². The topological polar surface area (TPSA) is 66.8 Å². The van der Waals surface area contributed by atoms with Crippen LogP contribution < -0.4 is 4.74 Å². The van der Waals surface area contributed by atoms with Gasteiger partial charge in [0.15, 0.2) is 0 Å². The van der Waals surface area contributed by atoms with Crippen molar-refractivity contribution in [1.29, 1.82) is 0 Å². The molecule has 114 valence electrons. The van der Waals surface area contributed by atoms with Crippen molar-refractivity contribution < 1.29 is 19.4 Å². The number of aliphatic carboxylic acids is 1. The lowest BCUT2D eigenvalue weighted by atomic mass is 10.1. The Labute approximate surface area is 128 Å².